The molecule has 15 heavy (non-hydrogen) atoms. The predicted molar refractivity (Wildman–Crippen MR) is 61.1 cm³/mol. The number of nitrogens with one attached hydrogen (secondary N) is 1. The monoisotopic (exact) mass is 204 g/mol. The van der Waals surface area contributed by atoms with Gasteiger partial charge in [0.2, 0.25) is 5.91 Å². The lowest BCUT2D eigenvalue weighted by atomic mass is 10.2. The van der Waals surface area contributed by atoms with Gasteiger partial charge in [-0.3, -0.25) is 4.79 Å². The Bertz CT molecular complexity index is 322. The predicted octanol–water partition coefficient (Wildman–Crippen LogP) is 1.21. The number of hydrogen-bond acceptors (Lipinski definition) is 2. The van der Waals surface area contributed by atoms with Crippen LogP contribution in [0.3, 0.4) is 0 Å². The Kier molecular flexibility index (Phi) is 4.57. The van der Waals surface area contributed by atoms with Gasteiger partial charge >= 0.3 is 0 Å². The highest BCUT2D eigenvalue weighted by Crippen LogP contribution is 1.97. The second kappa shape index (κ2) is 5.98. The van der Waals surface area contributed by atoms with E-state index in [4.69, 9.17) is 5.73 Å². The van der Waals surface area contributed by atoms with Gasteiger partial charge in [0.1, 0.15) is 0 Å². The smallest absolute Gasteiger partial charge is 0.237 e. The van der Waals surface area contributed by atoms with E-state index in [1.54, 1.807) is 6.08 Å². The molecule has 3 heteroatoms. The number of rotatable bonds is 5. The van der Waals surface area contributed by atoms with Crippen molar-refractivity contribution in [3.63, 3.8) is 0 Å². The normalized spacial score (nSPS) is 11.8. The van der Waals surface area contributed by atoms with Crippen molar-refractivity contribution in [3.8, 4) is 0 Å². The Morgan fingerprint density at radius 1 is 1.47 bits per heavy atom. The van der Waals surface area contributed by atoms with Crippen LogP contribution < -0.4 is 11.1 Å². The molecule has 3 nitrogen and oxygen atoms in total. The summed E-state index contributed by atoms with van der Waals surface area (Å²) in [5.74, 6) is -0.140. The third-order valence-corrected chi connectivity index (χ3v) is 2.07. The highest BCUT2D eigenvalue weighted by atomic mass is 16.2. The van der Waals surface area contributed by atoms with Gasteiger partial charge in [0.05, 0.1) is 6.04 Å². The largest absolute Gasteiger partial charge is 0.351 e. The minimum atomic E-state index is -0.494. The van der Waals surface area contributed by atoms with E-state index in [0.29, 0.717) is 13.0 Å². The average molecular weight is 204 g/mol. The molecule has 0 aromatic heterocycles. The second-order valence-electron chi connectivity index (χ2n) is 3.33. The van der Waals surface area contributed by atoms with E-state index in [9.17, 15) is 4.79 Å². The number of nitrogens with two attached hydrogens (primary N) is 1. The third-order valence-electron chi connectivity index (χ3n) is 2.07. The van der Waals surface area contributed by atoms with E-state index in [2.05, 4.69) is 11.9 Å². The van der Waals surface area contributed by atoms with Crippen LogP contribution in [0.1, 0.15) is 12.0 Å². The summed E-state index contributed by atoms with van der Waals surface area (Å²) in [6, 6.07) is 9.23. The number of carbonyl (C=O) groups is 1. The van der Waals surface area contributed by atoms with Gasteiger partial charge in [0.15, 0.2) is 0 Å². The Labute approximate surface area is 90.0 Å². The van der Waals surface area contributed by atoms with Gasteiger partial charge in [0, 0.05) is 6.54 Å². The van der Waals surface area contributed by atoms with E-state index < -0.39 is 6.04 Å². The van der Waals surface area contributed by atoms with Gasteiger partial charge in [-0.2, -0.15) is 0 Å². The number of carbonyl (C=O) groups excluding carboxylic acids is 1. The molecule has 1 aromatic rings. The third kappa shape index (κ3) is 3.95. The number of amides is 1. The topological polar surface area (TPSA) is 55.1 Å². The minimum Gasteiger partial charge on any atom is -0.351 e. The molecule has 1 rings (SSSR count). The minimum absolute atomic E-state index is 0.140. The molecule has 0 aliphatic rings. The van der Waals surface area contributed by atoms with Crippen LogP contribution in [-0.2, 0) is 11.3 Å². The summed E-state index contributed by atoms with van der Waals surface area (Å²) in [7, 11) is 0. The zero-order valence-electron chi connectivity index (χ0n) is 8.65. The van der Waals surface area contributed by atoms with Crippen molar-refractivity contribution >= 4 is 5.91 Å². The fourth-order valence-electron chi connectivity index (χ4n) is 1.20. The van der Waals surface area contributed by atoms with Crippen molar-refractivity contribution in [1.82, 2.24) is 5.32 Å². The summed E-state index contributed by atoms with van der Waals surface area (Å²) in [6.45, 7) is 4.06. The Morgan fingerprint density at radius 3 is 2.73 bits per heavy atom. The average Bonchev–Trinajstić information content (AvgIpc) is 2.27. The molecule has 3 N–H and O–H groups in total. The van der Waals surface area contributed by atoms with Gasteiger partial charge in [-0.15, -0.1) is 6.58 Å². The summed E-state index contributed by atoms with van der Waals surface area (Å²) in [4.78, 5) is 11.4. The first-order valence-corrected chi connectivity index (χ1v) is 4.92. The molecule has 0 unspecified atom stereocenters. The van der Waals surface area contributed by atoms with Crippen LogP contribution in [0, 0.1) is 0 Å². The first kappa shape index (κ1) is 11.5. The molecule has 0 heterocycles. The van der Waals surface area contributed by atoms with Gasteiger partial charge in [-0.1, -0.05) is 36.4 Å². The fraction of sp³-hybridized carbons (Fsp3) is 0.250. The van der Waals surface area contributed by atoms with Crippen LogP contribution >= 0.6 is 0 Å². The zero-order valence-corrected chi connectivity index (χ0v) is 8.65. The van der Waals surface area contributed by atoms with Crippen LogP contribution in [-0.4, -0.2) is 11.9 Å². The molecule has 0 aliphatic carbocycles. The maximum absolute atomic E-state index is 11.4. The van der Waals surface area contributed by atoms with Crippen LogP contribution in [0.25, 0.3) is 0 Å². The SMILES string of the molecule is C=CC[C@H](N)C(=O)NCc1ccccc1. The Morgan fingerprint density at radius 2 is 2.13 bits per heavy atom. The molecular formula is C12H16N2O. The summed E-state index contributed by atoms with van der Waals surface area (Å²) >= 11 is 0. The lowest BCUT2D eigenvalue weighted by Crippen LogP contribution is -2.39. The lowest BCUT2D eigenvalue weighted by Gasteiger charge is -2.09. The molecule has 80 valence electrons. The molecule has 0 fully saturated rings. The van der Waals surface area contributed by atoms with Gasteiger partial charge in [-0.25, -0.2) is 0 Å². The Balaban J connectivity index is 2.37. The highest BCUT2D eigenvalue weighted by molar-refractivity contribution is 5.81. The lowest BCUT2D eigenvalue weighted by molar-refractivity contribution is -0.122. The van der Waals surface area contributed by atoms with Crippen LogP contribution in [0.5, 0.6) is 0 Å². The van der Waals surface area contributed by atoms with Crippen LogP contribution in [0.4, 0.5) is 0 Å². The molecule has 0 radical (unpaired) electrons. The number of hydrogen-bond donors (Lipinski definition) is 2. The molecular weight excluding hydrogens is 188 g/mol. The van der Waals surface area contributed by atoms with E-state index in [1.165, 1.54) is 0 Å². The maximum Gasteiger partial charge on any atom is 0.237 e. The van der Waals surface area contributed by atoms with Crippen LogP contribution in [0.2, 0.25) is 0 Å². The summed E-state index contributed by atoms with van der Waals surface area (Å²) in [5.41, 5.74) is 6.67. The van der Waals surface area contributed by atoms with E-state index >= 15 is 0 Å². The van der Waals surface area contributed by atoms with E-state index in [0.717, 1.165) is 5.56 Å². The van der Waals surface area contributed by atoms with Gasteiger partial charge in [-0.05, 0) is 12.0 Å². The van der Waals surface area contributed by atoms with Crippen molar-refractivity contribution in [1.29, 1.82) is 0 Å². The van der Waals surface area contributed by atoms with Crippen molar-refractivity contribution < 1.29 is 4.79 Å². The quantitative estimate of drug-likeness (QED) is 0.708. The van der Waals surface area contributed by atoms with Gasteiger partial charge < -0.3 is 11.1 Å². The van der Waals surface area contributed by atoms with Crippen molar-refractivity contribution in [3.05, 3.63) is 48.6 Å². The molecule has 1 aromatic carbocycles. The fourth-order valence-corrected chi connectivity index (χ4v) is 1.20. The first-order valence-electron chi connectivity index (χ1n) is 4.92. The highest BCUT2D eigenvalue weighted by Gasteiger charge is 2.10. The molecule has 1 amide bonds. The zero-order chi connectivity index (χ0) is 11.1. The van der Waals surface area contributed by atoms with E-state index in [1.807, 2.05) is 30.3 Å². The van der Waals surface area contributed by atoms with Crippen molar-refractivity contribution in [2.24, 2.45) is 5.73 Å². The van der Waals surface area contributed by atoms with E-state index in [-0.39, 0.29) is 5.91 Å². The Hall–Kier alpha value is -1.61. The summed E-state index contributed by atoms with van der Waals surface area (Å²) < 4.78 is 0. The molecule has 1 atom stereocenters. The molecule has 0 aliphatic heterocycles. The molecule has 0 saturated carbocycles. The van der Waals surface area contributed by atoms with Gasteiger partial charge in [0.25, 0.3) is 0 Å². The maximum atomic E-state index is 11.4. The summed E-state index contributed by atoms with van der Waals surface area (Å²) in [5, 5.41) is 2.77. The standard InChI is InChI=1S/C12H16N2O/c1-2-6-11(13)12(15)14-9-10-7-4-3-5-8-10/h2-5,7-8,11H,1,6,9,13H2,(H,14,15)/t11-/m0/s1. The van der Waals surface area contributed by atoms with Crippen LogP contribution in [0.15, 0.2) is 43.0 Å². The molecule has 0 saturated heterocycles. The molecule has 0 spiro atoms. The second-order valence-corrected chi connectivity index (χ2v) is 3.33. The summed E-state index contributed by atoms with van der Waals surface area (Å²) in [6.07, 6.45) is 2.15. The number of benzene rings is 1. The molecule has 0 bridgehead atoms. The van der Waals surface area contributed by atoms with Crippen molar-refractivity contribution in [2.75, 3.05) is 0 Å². The van der Waals surface area contributed by atoms with Crippen molar-refractivity contribution in [2.45, 2.75) is 19.0 Å². The first-order chi connectivity index (χ1) is 7.24.